The summed E-state index contributed by atoms with van der Waals surface area (Å²) in [6.07, 6.45) is 0.864. The zero-order chi connectivity index (χ0) is 14.0. The first-order valence-corrected chi connectivity index (χ1v) is 6.17. The number of carbonyl (C=O) groups is 2. The molecule has 6 nitrogen and oxygen atoms in total. The molecule has 18 heavy (non-hydrogen) atoms. The molecule has 3 N–H and O–H groups in total. The van der Waals surface area contributed by atoms with Crippen LogP contribution in [0.4, 0.5) is 4.79 Å². The van der Waals surface area contributed by atoms with Crippen molar-refractivity contribution < 1.29 is 14.3 Å². The van der Waals surface area contributed by atoms with Gasteiger partial charge < -0.3 is 9.64 Å². The molecule has 1 aliphatic rings. The molecule has 6 heteroatoms. The summed E-state index contributed by atoms with van der Waals surface area (Å²) in [7, 11) is 0. The van der Waals surface area contributed by atoms with Crippen molar-refractivity contribution in [2.75, 3.05) is 13.1 Å². The Hall–Kier alpha value is -1.30. The molecule has 1 saturated heterocycles. The second kappa shape index (κ2) is 5.14. The molecule has 0 bridgehead atoms. The molecule has 0 aliphatic carbocycles. The van der Waals surface area contributed by atoms with Crippen LogP contribution in [0.25, 0.3) is 0 Å². The van der Waals surface area contributed by atoms with E-state index < -0.39 is 11.0 Å². The summed E-state index contributed by atoms with van der Waals surface area (Å²) >= 11 is 0. The number of hydrogen-bond acceptors (Lipinski definition) is 4. The summed E-state index contributed by atoms with van der Waals surface area (Å²) < 4.78 is 5.29. The lowest BCUT2D eigenvalue weighted by molar-refractivity contribution is -0.132. The lowest BCUT2D eigenvalue weighted by Gasteiger charge is -2.38. The third kappa shape index (κ3) is 3.60. The molecule has 0 aromatic carbocycles. The minimum atomic E-state index is -0.494. The van der Waals surface area contributed by atoms with Crippen LogP contribution in [0.5, 0.6) is 0 Å². The van der Waals surface area contributed by atoms with Gasteiger partial charge in [0, 0.05) is 13.1 Å². The number of nitrogens with zero attached hydrogens (tertiary/aromatic N) is 1. The van der Waals surface area contributed by atoms with Crippen LogP contribution in [0.1, 0.15) is 40.5 Å². The standard InChI is InChI=1S/C12H23N3O3/c1-11(2,3)18-10(17)15-7-5-12(4,6-8-15)9(16)14-13/h5-8,13H2,1-4H3,(H,14,16). The van der Waals surface area contributed by atoms with E-state index in [1.165, 1.54) is 0 Å². The average Bonchev–Trinajstić information content (AvgIpc) is 2.26. The fraction of sp³-hybridized carbons (Fsp3) is 0.833. The topological polar surface area (TPSA) is 84.7 Å². The maximum absolute atomic E-state index is 11.8. The van der Waals surface area contributed by atoms with Gasteiger partial charge in [0.1, 0.15) is 5.60 Å². The Labute approximate surface area is 108 Å². The van der Waals surface area contributed by atoms with Gasteiger partial charge in [-0.05, 0) is 33.6 Å². The van der Waals surface area contributed by atoms with Gasteiger partial charge >= 0.3 is 6.09 Å². The number of nitrogens with two attached hydrogens (primary N) is 1. The van der Waals surface area contributed by atoms with Crippen molar-refractivity contribution in [1.82, 2.24) is 10.3 Å². The van der Waals surface area contributed by atoms with Gasteiger partial charge in [-0.25, -0.2) is 10.6 Å². The van der Waals surface area contributed by atoms with Gasteiger partial charge in [-0.1, -0.05) is 6.92 Å². The first kappa shape index (κ1) is 14.8. The van der Waals surface area contributed by atoms with Crippen LogP contribution in [0.3, 0.4) is 0 Å². The summed E-state index contributed by atoms with van der Waals surface area (Å²) in [5.74, 6) is 4.99. The Morgan fingerprint density at radius 3 is 2.17 bits per heavy atom. The lowest BCUT2D eigenvalue weighted by Crippen LogP contribution is -2.51. The molecule has 0 atom stereocenters. The number of carbonyl (C=O) groups excluding carboxylic acids is 2. The molecule has 1 fully saturated rings. The fourth-order valence-corrected chi connectivity index (χ4v) is 1.91. The van der Waals surface area contributed by atoms with E-state index in [2.05, 4.69) is 5.43 Å². The Kier molecular flexibility index (Phi) is 4.21. The van der Waals surface area contributed by atoms with Crippen LogP contribution >= 0.6 is 0 Å². The molecule has 0 aromatic rings. The fourth-order valence-electron chi connectivity index (χ4n) is 1.91. The molecule has 0 aromatic heterocycles. The lowest BCUT2D eigenvalue weighted by atomic mass is 9.80. The minimum Gasteiger partial charge on any atom is -0.444 e. The van der Waals surface area contributed by atoms with Gasteiger partial charge in [-0.15, -0.1) is 0 Å². The zero-order valence-corrected chi connectivity index (χ0v) is 11.6. The molecular formula is C12H23N3O3. The van der Waals surface area contributed by atoms with E-state index in [4.69, 9.17) is 10.6 Å². The van der Waals surface area contributed by atoms with Crippen LogP contribution in [0.2, 0.25) is 0 Å². The third-order valence-corrected chi connectivity index (χ3v) is 3.20. The van der Waals surface area contributed by atoms with Gasteiger partial charge in [0.15, 0.2) is 0 Å². The maximum atomic E-state index is 11.8. The first-order valence-electron chi connectivity index (χ1n) is 6.17. The van der Waals surface area contributed by atoms with E-state index in [1.807, 2.05) is 27.7 Å². The van der Waals surface area contributed by atoms with Crippen molar-refractivity contribution in [3.8, 4) is 0 Å². The highest BCUT2D eigenvalue weighted by molar-refractivity contribution is 5.82. The number of amides is 2. The van der Waals surface area contributed by atoms with Crippen LogP contribution in [0.15, 0.2) is 0 Å². The molecular weight excluding hydrogens is 234 g/mol. The highest BCUT2D eigenvalue weighted by Crippen LogP contribution is 2.31. The summed E-state index contributed by atoms with van der Waals surface area (Å²) in [5, 5.41) is 0. The Morgan fingerprint density at radius 1 is 1.28 bits per heavy atom. The van der Waals surface area contributed by atoms with Crippen molar-refractivity contribution in [3.63, 3.8) is 0 Å². The van der Waals surface area contributed by atoms with Crippen molar-refractivity contribution in [2.24, 2.45) is 11.3 Å². The third-order valence-electron chi connectivity index (χ3n) is 3.20. The normalized spacial score (nSPS) is 19.3. The van der Waals surface area contributed by atoms with E-state index in [9.17, 15) is 9.59 Å². The molecule has 2 amide bonds. The van der Waals surface area contributed by atoms with Gasteiger partial charge in [-0.2, -0.15) is 0 Å². The number of hydrogen-bond donors (Lipinski definition) is 2. The smallest absolute Gasteiger partial charge is 0.410 e. The van der Waals surface area contributed by atoms with E-state index in [0.29, 0.717) is 25.9 Å². The van der Waals surface area contributed by atoms with Gasteiger partial charge in [-0.3, -0.25) is 10.2 Å². The molecule has 1 aliphatic heterocycles. The molecule has 1 rings (SSSR count). The number of piperidine rings is 1. The quantitative estimate of drug-likeness (QED) is 0.417. The number of ether oxygens (including phenoxy) is 1. The highest BCUT2D eigenvalue weighted by Gasteiger charge is 2.38. The SMILES string of the molecule is CC(C)(C)OC(=O)N1CCC(C)(C(=O)NN)CC1. The predicted octanol–water partition coefficient (Wildman–Crippen LogP) is 1.01. The summed E-state index contributed by atoms with van der Waals surface area (Å²) in [6.45, 7) is 8.39. The van der Waals surface area contributed by atoms with Gasteiger partial charge in [0.2, 0.25) is 5.91 Å². The van der Waals surface area contributed by atoms with Crippen LogP contribution in [0, 0.1) is 5.41 Å². The summed E-state index contributed by atoms with van der Waals surface area (Å²) in [4.78, 5) is 25.1. The second-order valence-corrected chi connectivity index (χ2v) is 6.00. The molecule has 104 valence electrons. The van der Waals surface area contributed by atoms with E-state index >= 15 is 0 Å². The monoisotopic (exact) mass is 257 g/mol. The van der Waals surface area contributed by atoms with Crippen LogP contribution < -0.4 is 11.3 Å². The van der Waals surface area contributed by atoms with Crippen molar-refractivity contribution in [2.45, 2.75) is 46.1 Å². The Balaban J connectivity index is 2.54. The van der Waals surface area contributed by atoms with E-state index in [0.717, 1.165) is 0 Å². The number of rotatable bonds is 1. The maximum Gasteiger partial charge on any atom is 0.410 e. The number of hydrazine groups is 1. The average molecular weight is 257 g/mol. The minimum absolute atomic E-state index is 0.175. The molecule has 0 radical (unpaired) electrons. The van der Waals surface area contributed by atoms with Crippen molar-refractivity contribution in [3.05, 3.63) is 0 Å². The molecule has 1 heterocycles. The van der Waals surface area contributed by atoms with E-state index in [1.54, 1.807) is 4.90 Å². The second-order valence-electron chi connectivity index (χ2n) is 6.00. The van der Waals surface area contributed by atoms with Gasteiger partial charge in [0.25, 0.3) is 0 Å². The zero-order valence-electron chi connectivity index (χ0n) is 11.6. The van der Waals surface area contributed by atoms with Crippen molar-refractivity contribution >= 4 is 12.0 Å². The van der Waals surface area contributed by atoms with Crippen molar-refractivity contribution in [1.29, 1.82) is 0 Å². The van der Waals surface area contributed by atoms with Crippen LogP contribution in [-0.2, 0) is 9.53 Å². The molecule has 0 spiro atoms. The summed E-state index contributed by atoms with van der Waals surface area (Å²) in [5.41, 5.74) is 1.20. The molecule has 0 unspecified atom stereocenters. The number of nitrogens with one attached hydrogen (secondary N) is 1. The van der Waals surface area contributed by atoms with E-state index in [-0.39, 0.29) is 12.0 Å². The van der Waals surface area contributed by atoms with Gasteiger partial charge in [0.05, 0.1) is 5.41 Å². The first-order chi connectivity index (χ1) is 8.18. The largest absolute Gasteiger partial charge is 0.444 e. The Morgan fingerprint density at radius 2 is 1.78 bits per heavy atom. The number of likely N-dealkylation sites (tertiary alicyclic amines) is 1. The molecule has 0 saturated carbocycles. The van der Waals surface area contributed by atoms with Crippen LogP contribution in [-0.4, -0.2) is 35.6 Å². The summed E-state index contributed by atoms with van der Waals surface area (Å²) in [6, 6.07) is 0. The predicted molar refractivity (Wildman–Crippen MR) is 67.5 cm³/mol. The Bertz CT molecular complexity index is 328. The highest BCUT2D eigenvalue weighted by atomic mass is 16.6.